The lowest BCUT2D eigenvalue weighted by Crippen LogP contribution is -2.58. The van der Waals surface area contributed by atoms with Gasteiger partial charge in [-0.05, 0) is 25.2 Å². The van der Waals surface area contributed by atoms with E-state index in [-0.39, 0.29) is 61.7 Å². The van der Waals surface area contributed by atoms with Crippen LogP contribution in [0.1, 0.15) is 33.1 Å². The Morgan fingerprint density at radius 1 is 1.03 bits per heavy atom. The fourth-order valence-electron chi connectivity index (χ4n) is 4.48. The van der Waals surface area contributed by atoms with Gasteiger partial charge in [0.15, 0.2) is 0 Å². The molecule has 0 aromatic carbocycles. The van der Waals surface area contributed by atoms with Crippen LogP contribution in [0.3, 0.4) is 0 Å². The number of imide groups is 1. The van der Waals surface area contributed by atoms with Gasteiger partial charge in [0.25, 0.3) is 10.2 Å². The van der Waals surface area contributed by atoms with E-state index in [4.69, 9.17) is 0 Å². The van der Waals surface area contributed by atoms with Crippen LogP contribution in [0.2, 0.25) is 0 Å². The van der Waals surface area contributed by atoms with Crippen molar-refractivity contribution >= 4 is 27.9 Å². The van der Waals surface area contributed by atoms with E-state index in [1.165, 1.54) is 23.3 Å². The summed E-state index contributed by atoms with van der Waals surface area (Å²) in [5.41, 5.74) is 0. The normalized spacial score (nSPS) is 26.6. The van der Waals surface area contributed by atoms with Crippen LogP contribution in [-0.2, 0) is 24.6 Å². The Hall–Kier alpha value is -1.78. The van der Waals surface area contributed by atoms with Gasteiger partial charge in [-0.15, -0.1) is 0 Å². The van der Waals surface area contributed by atoms with Crippen LogP contribution < -0.4 is 0 Å². The number of amides is 3. The molecular formula is C20H32N4O5S. The van der Waals surface area contributed by atoms with Gasteiger partial charge in [0.05, 0.1) is 11.8 Å². The molecule has 30 heavy (non-hydrogen) atoms. The number of likely N-dealkylation sites (tertiary alicyclic amines) is 1. The van der Waals surface area contributed by atoms with Crippen molar-refractivity contribution in [1.82, 2.24) is 18.4 Å². The summed E-state index contributed by atoms with van der Waals surface area (Å²) in [4.78, 5) is 42.3. The fourth-order valence-corrected chi connectivity index (χ4v) is 5.56. The van der Waals surface area contributed by atoms with Crippen molar-refractivity contribution in [2.45, 2.75) is 39.2 Å². The topological polar surface area (TPSA) is 98.3 Å². The highest BCUT2D eigenvalue weighted by atomic mass is 32.2. The molecule has 3 atom stereocenters. The Kier molecular flexibility index (Phi) is 6.69. The van der Waals surface area contributed by atoms with Gasteiger partial charge in [0.1, 0.15) is 6.04 Å². The fraction of sp³-hybridized carbons (Fsp3) is 0.750. The molecule has 0 bridgehead atoms. The standard InChI is InChI=1S/C20H32N4O5S/c1-14(2)13-17(24-18(25)15-7-5-6-8-16(15)19(24)26)20(27)22-9-11-23(12-10-22)30(28,29)21(3)4/h5-6,14-17H,7-13H2,1-4H3/t15-,16-,17-/m1/s1. The largest absolute Gasteiger partial charge is 0.338 e. The average molecular weight is 441 g/mol. The van der Waals surface area contributed by atoms with E-state index in [9.17, 15) is 22.8 Å². The summed E-state index contributed by atoms with van der Waals surface area (Å²) in [6, 6.07) is -0.826. The van der Waals surface area contributed by atoms with Gasteiger partial charge in [0.2, 0.25) is 17.7 Å². The summed E-state index contributed by atoms with van der Waals surface area (Å²) in [5.74, 6) is -1.38. The number of hydrogen-bond donors (Lipinski definition) is 0. The lowest BCUT2D eigenvalue weighted by Gasteiger charge is -2.38. The zero-order chi connectivity index (χ0) is 22.2. The van der Waals surface area contributed by atoms with E-state index in [2.05, 4.69) is 0 Å². The maximum atomic E-state index is 13.4. The third kappa shape index (κ3) is 4.17. The second-order valence-corrected chi connectivity index (χ2v) is 11.0. The molecule has 168 valence electrons. The van der Waals surface area contributed by atoms with Crippen molar-refractivity contribution in [2.24, 2.45) is 17.8 Å². The molecule has 3 rings (SSSR count). The molecule has 0 saturated carbocycles. The predicted molar refractivity (Wildman–Crippen MR) is 111 cm³/mol. The van der Waals surface area contributed by atoms with Crippen LogP contribution in [0.15, 0.2) is 12.2 Å². The van der Waals surface area contributed by atoms with Crippen LogP contribution >= 0.6 is 0 Å². The number of fused-ring (bicyclic) bond motifs is 1. The quantitative estimate of drug-likeness (QED) is 0.437. The Morgan fingerprint density at radius 3 is 1.97 bits per heavy atom. The van der Waals surface area contributed by atoms with Crippen LogP contribution in [0.4, 0.5) is 0 Å². The number of hydrogen-bond acceptors (Lipinski definition) is 5. The van der Waals surface area contributed by atoms with E-state index in [1.54, 1.807) is 4.90 Å². The van der Waals surface area contributed by atoms with Crippen molar-refractivity contribution in [3.8, 4) is 0 Å². The zero-order valence-corrected chi connectivity index (χ0v) is 19.0. The second kappa shape index (κ2) is 8.76. The maximum Gasteiger partial charge on any atom is 0.281 e. The highest BCUT2D eigenvalue weighted by Gasteiger charge is 2.51. The summed E-state index contributed by atoms with van der Waals surface area (Å²) in [7, 11) is -0.580. The highest BCUT2D eigenvalue weighted by Crippen LogP contribution is 2.37. The Labute approximate surface area is 178 Å². The minimum absolute atomic E-state index is 0.121. The van der Waals surface area contributed by atoms with Gasteiger partial charge >= 0.3 is 0 Å². The first-order chi connectivity index (χ1) is 14.1. The number of nitrogens with zero attached hydrogens (tertiary/aromatic N) is 4. The summed E-state index contributed by atoms with van der Waals surface area (Å²) < 4.78 is 27.2. The summed E-state index contributed by atoms with van der Waals surface area (Å²) in [6.07, 6.45) is 5.34. The van der Waals surface area contributed by atoms with E-state index in [1.807, 2.05) is 26.0 Å². The molecule has 1 aliphatic carbocycles. The summed E-state index contributed by atoms with van der Waals surface area (Å²) in [6.45, 7) is 4.79. The minimum Gasteiger partial charge on any atom is -0.338 e. The minimum atomic E-state index is -3.53. The molecule has 0 N–H and O–H groups in total. The van der Waals surface area contributed by atoms with Gasteiger partial charge in [-0.2, -0.15) is 17.0 Å². The molecule has 0 aromatic rings. The molecule has 0 radical (unpaired) electrons. The van der Waals surface area contributed by atoms with Crippen molar-refractivity contribution in [3.63, 3.8) is 0 Å². The van der Waals surface area contributed by atoms with E-state index >= 15 is 0 Å². The SMILES string of the molecule is CC(C)C[C@H](C(=O)N1CCN(S(=O)(=O)N(C)C)CC1)N1C(=O)[C@@H]2CC=CC[C@H]2C1=O. The Balaban J connectivity index is 1.76. The van der Waals surface area contributed by atoms with Crippen molar-refractivity contribution < 1.29 is 22.8 Å². The number of allylic oxidation sites excluding steroid dienone is 2. The number of carbonyl (C=O) groups excluding carboxylic acids is 3. The molecule has 0 unspecified atom stereocenters. The molecule has 3 aliphatic rings. The van der Waals surface area contributed by atoms with Crippen molar-refractivity contribution in [3.05, 3.63) is 12.2 Å². The van der Waals surface area contributed by atoms with E-state index in [0.29, 0.717) is 19.3 Å². The molecule has 0 spiro atoms. The second-order valence-electron chi connectivity index (χ2n) is 8.86. The molecule has 10 heteroatoms. The molecule has 0 aromatic heterocycles. The van der Waals surface area contributed by atoms with Crippen LogP contribution in [-0.4, -0.2) is 90.9 Å². The first kappa shape index (κ1) is 22.9. The highest BCUT2D eigenvalue weighted by molar-refractivity contribution is 7.86. The van der Waals surface area contributed by atoms with Crippen molar-refractivity contribution in [1.29, 1.82) is 0 Å². The lowest BCUT2D eigenvalue weighted by molar-refractivity contribution is -0.152. The molecule has 3 amide bonds. The van der Waals surface area contributed by atoms with Gasteiger partial charge in [-0.3, -0.25) is 19.3 Å². The monoisotopic (exact) mass is 440 g/mol. The van der Waals surface area contributed by atoms with Crippen LogP contribution in [0.5, 0.6) is 0 Å². The number of rotatable bonds is 6. The Morgan fingerprint density at radius 2 is 1.53 bits per heavy atom. The molecular weight excluding hydrogens is 408 g/mol. The summed E-state index contributed by atoms with van der Waals surface area (Å²) >= 11 is 0. The van der Waals surface area contributed by atoms with Gasteiger partial charge in [-0.1, -0.05) is 26.0 Å². The number of piperazine rings is 1. The van der Waals surface area contributed by atoms with Gasteiger partial charge < -0.3 is 4.90 Å². The van der Waals surface area contributed by atoms with Gasteiger partial charge in [-0.25, -0.2) is 0 Å². The third-order valence-electron chi connectivity index (χ3n) is 6.17. The molecule has 2 fully saturated rings. The van der Waals surface area contributed by atoms with Gasteiger partial charge in [0, 0.05) is 40.3 Å². The average Bonchev–Trinajstić information content (AvgIpc) is 2.96. The summed E-state index contributed by atoms with van der Waals surface area (Å²) in [5, 5.41) is 0. The van der Waals surface area contributed by atoms with E-state index in [0.717, 1.165) is 4.31 Å². The molecule has 2 saturated heterocycles. The smallest absolute Gasteiger partial charge is 0.281 e. The first-order valence-corrected chi connectivity index (χ1v) is 11.9. The molecule has 2 heterocycles. The van der Waals surface area contributed by atoms with Crippen LogP contribution in [0, 0.1) is 17.8 Å². The number of carbonyl (C=O) groups is 3. The van der Waals surface area contributed by atoms with E-state index < -0.39 is 16.3 Å². The first-order valence-electron chi connectivity index (χ1n) is 10.5. The molecule has 9 nitrogen and oxygen atoms in total. The maximum absolute atomic E-state index is 13.4. The Bertz CT molecular complexity index is 804. The van der Waals surface area contributed by atoms with Crippen LogP contribution in [0.25, 0.3) is 0 Å². The van der Waals surface area contributed by atoms with Crippen molar-refractivity contribution in [2.75, 3.05) is 40.3 Å². The third-order valence-corrected chi connectivity index (χ3v) is 8.11. The lowest BCUT2D eigenvalue weighted by atomic mass is 9.85. The predicted octanol–water partition coefficient (Wildman–Crippen LogP) is 0.303. The zero-order valence-electron chi connectivity index (χ0n) is 18.2. The molecule has 2 aliphatic heterocycles.